The predicted molar refractivity (Wildman–Crippen MR) is 66.3 cm³/mol. The van der Waals surface area contributed by atoms with E-state index < -0.39 is 0 Å². The summed E-state index contributed by atoms with van der Waals surface area (Å²) in [4.78, 5) is 0. The van der Waals surface area contributed by atoms with E-state index in [0.717, 1.165) is 31.6 Å². The number of hydrazine groups is 1. The van der Waals surface area contributed by atoms with Gasteiger partial charge in [0, 0.05) is 18.2 Å². The Morgan fingerprint density at radius 2 is 2.47 bits per heavy atom. The molecule has 1 aromatic heterocycles. The Morgan fingerprint density at radius 1 is 1.59 bits per heavy atom. The molecule has 96 valence electrons. The molecular weight excluding hydrogens is 216 g/mol. The molecule has 4 nitrogen and oxygen atoms in total. The summed E-state index contributed by atoms with van der Waals surface area (Å²) in [6, 6.07) is 2.18. The fourth-order valence-corrected chi connectivity index (χ4v) is 2.51. The molecule has 1 aliphatic rings. The van der Waals surface area contributed by atoms with Crippen LogP contribution in [0.15, 0.2) is 16.7 Å². The number of nitrogens with one attached hydrogen (secondary N) is 1. The van der Waals surface area contributed by atoms with E-state index in [1.165, 1.54) is 18.4 Å². The molecule has 2 unspecified atom stereocenters. The third-order valence-corrected chi connectivity index (χ3v) is 3.52. The summed E-state index contributed by atoms with van der Waals surface area (Å²) in [5, 5.41) is 0. The van der Waals surface area contributed by atoms with Crippen LogP contribution in [0.5, 0.6) is 0 Å². The van der Waals surface area contributed by atoms with Crippen molar-refractivity contribution >= 4 is 0 Å². The van der Waals surface area contributed by atoms with Crippen LogP contribution < -0.4 is 11.3 Å². The van der Waals surface area contributed by atoms with E-state index in [-0.39, 0.29) is 6.04 Å². The average Bonchev–Trinajstić information content (AvgIpc) is 2.96. The number of aryl methyl sites for hydroxylation is 1. The summed E-state index contributed by atoms with van der Waals surface area (Å²) >= 11 is 0. The minimum absolute atomic E-state index is 0.190. The van der Waals surface area contributed by atoms with Crippen LogP contribution in [0.25, 0.3) is 0 Å². The maximum absolute atomic E-state index is 5.61. The van der Waals surface area contributed by atoms with Crippen LogP contribution in [0, 0.1) is 6.92 Å². The number of furan rings is 1. The molecule has 4 heteroatoms. The van der Waals surface area contributed by atoms with Gasteiger partial charge in [-0.15, -0.1) is 0 Å². The molecule has 17 heavy (non-hydrogen) atoms. The zero-order valence-electron chi connectivity index (χ0n) is 10.4. The van der Waals surface area contributed by atoms with Gasteiger partial charge in [0.1, 0.15) is 5.76 Å². The van der Waals surface area contributed by atoms with Gasteiger partial charge >= 0.3 is 0 Å². The Kier molecular flexibility index (Phi) is 4.59. The van der Waals surface area contributed by atoms with Crippen molar-refractivity contribution in [1.29, 1.82) is 0 Å². The van der Waals surface area contributed by atoms with Gasteiger partial charge in [0.05, 0.1) is 12.4 Å². The standard InChI is InChI=1S/C13H22N2O2/c1-10-12(7-9-16-10)13(15-14)6-2-4-11-5-3-8-17-11/h7,9,11,13,15H,2-6,8,14H2,1H3. The molecule has 0 amide bonds. The molecule has 0 radical (unpaired) electrons. The Labute approximate surface area is 102 Å². The first-order valence-corrected chi connectivity index (χ1v) is 6.43. The first-order valence-electron chi connectivity index (χ1n) is 6.43. The van der Waals surface area contributed by atoms with Crippen LogP contribution in [-0.2, 0) is 4.74 Å². The van der Waals surface area contributed by atoms with Crippen LogP contribution in [0.2, 0.25) is 0 Å². The number of hydrogen-bond acceptors (Lipinski definition) is 4. The van der Waals surface area contributed by atoms with Crippen LogP contribution in [-0.4, -0.2) is 12.7 Å². The van der Waals surface area contributed by atoms with E-state index in [1.807, 2.05) is 13.0 Å². The van der Waals surface area contributed by atoms with E-state index in [2.05, 4.69) is 5.43 Å². The van der Waals surface area contributed by atoms with E-state index in [4.69, 9.17) is 15.0 Å². The summed E-state index contributed by atoms with van der Waals surface area (Å²) in [7, 11) is 0. The zero-order chi connectivity index (χ0) is 12.1. The smallest absolute Gasteiger partial charge is 0.105 e. The molecule has 0 spiro atoms. The topological polar surface area (TPSA) is 60.4 Å². The summed E-state index contributed by atoms with van der Waals surface area (Å²) in [5.74, 6) is 6.55. The summed E-state index contributed by atoms with van der Waals surface area (Å²) in [5.41, 5.74) is 4.04. The molecule has 2 atom stereocenters. The van der Waals surface area contributed by atoms with E-state index in [9.17, 15) is 0 Å². The SMILES string of the molecule is Cc1occc1C(CCCC1CCCO1)NN. The molecule has 1 fully saturated rings. The molecule has 1 aromatic rings. The van der Waals surface area contributed by atoms with Crippen molar-refractivity contribution in [3.8, 4) is 0 Å². The van der Waals surface area contributed by atoms with Crippen LogP contribution in [0.4, 0.5) is 0 Å². The van der Waals surface area contributed by atoms with Crippen molar-refractivity contribution in [2.45, 2.75) is 51.2 Å². The quantitative estimate of drug-likeness (QED) is 0.590. The molecule has 0 aromatic carbocycles. The number of nitrogens with two attached hydrogens (primary N) is 1. The van der Waals surface area contributed by atoms with Gasteiger partial charge < -0.3 is 9.15 Å². The molecule has 3 N–H and O–H groups in total. The maximum atomic E-state index is 5.61. The minimum Gasteiger partial charge on any atom is -0.469 e. The van der Waals surface area contributed by atoms with Crippen LogP contribution in [0.3, 0.4) is 0 Å². The highest BCUT2D eigenvalue weighted by molar-refractivity contribution is 5.19. The zero-order valence-corrected chi connectivity index (χ0v) is 10.4. The van der Waals surface area contributed by atoms with E-state index >= 15 is 0 Å². The van der Waals surface area contributed by atoms with Gasteiger partial charge in [0.2, 0.25) is 0 Å². The lowest BCUT2D eigenvalue weighted by Gasteiger charge is -2.16. The van der Waals surface area contributed by atoms with Gasteiger partial charge in [0.25, 0.3) is 0 Å². The molecule has 1 saturated heterocycles. The molecule has 2 rings (SSSR count). The van der Waals surface area contributed by atoms with Crippen molar-refractivity contribution in [1.82, 2.24) is 5.43 Å². The van der Waals surface area contributed by atoms with Crippen molar-refractivity contribution in [3.05, 3.63) is 23.7 Å². The van der Waals surface area contributed by atoms with Crippen molar-refractivity contribution < 1.29 is 9.15 Å². The Balaban J connectivity index is 1.77. The number of ether oxygens (including phenoxy) is 1. The third-order valence-electron chi connectivity index (χ3n) is 3.52. The normalized spacial score (nSPS) is 21.9. The minimum atomic E-state index is 0.190. The van der Waals surface area contributed by atoms with E-state index in [0.29, 0.717) is 6.10 Å². The lowest BCUT2D eigenvalue weighted by Crippen LogP contribution is -2.28. The second kappa shape index (κ2) is 6.19. The fourth-order valence-electron chi connectivity index (χ4n) is 2.51. The first kappa shape index (κ1) is 12.6. The highest BCUT2D eigenvalue weighted by Crippen LogP contribution is 2.25. The van der Waals surface area contributed by atoms with E-state index in [1.54, 1.807) is 6.26 Å². The molecule has 0 bridgehead atoms. The molecule has 1 aliphatic heterocycles. The lowest BCUT2D eigenvalue weighted by molar-refractivity contribution is 0.101. The summed E-state index contributed by atoms with van der Waals surface area (Å²) < 4.78 is 10.9. The Hall–Kier alpha value is -0.840. The molecule has 2 heterocycles. The highest BCUT2D eigenvalue weighted by atomic mass is 16.5. The van der Waals surface area contributed by atoms with Crippen molar-refractivity contribution in [2.24, 2.45) is 5.84 Å². The maximum Gasteiger partial charge on any atom is 0.105 e. The highest BCUT2D eigenvalue weighted by Gasteiger charge is 2.18. The monoisotopic (exact) mass is 238 g/mol. The van der Waals surface area contributed by atoms with Crippen molar-refractivity contribution in [3.63, 3.8) is 0 Å². The van der Waals surface area contributed by atoms with Gasteiger partial charge in [-0.3, -0.25) is 11.3 Å². The second-order valence-electron chi connectivity index (χ2n) is 4.72. The van der Waals surface area contributed by atoms with Crippen LogP contribution >= 0.6 is 0 Å². The molecular formula is C13H22N2O2. The largest absolute Gasteiger partial charge is 0.469 e. The number of rotatable bonds is 6. The Morgan fingerprint density at radius 3 is 3.06 bits per heavy atom. The summed E-state index contributed by atoms with van der Waals surface area (Å²) in [6.07, 6.45) is 7.90. The number of hydrogen-bond donors (Lipinski definition) is 2. The van der Waals surface area contributed by atoms with Gasteiger partial charge in [-0.2, -0.15) is 0 Å². The van der Waals surface area contributed by atoms with Gasteiger partial charge in [-0.25, -0.2) is 0 Å². The Bertz CT molecular complexity index is 332. The van der Waals surface area contributed by atoms with Gasteiger partial charge in [-0.05, 0) is 45.1 Å². The molecule has 0 aliphatic carbocycles. The first-order chi connectivity index (χ1) is 8.31. The summed E-state index contributed by atoms with van der Waals surface area (Å²) in [6.45, 7) is 2.91. The fraction of sp³-hybridized carbons (Fsp3) is 0.692. The van der Waals surface area contributed by atoms with Crippen molar-refractivity contribution in [2.75, 3.05) is 6.61 Å². The predicted octanol–water partition coefficient (Wildman–Crippen LogP) is 2.44. The molecule has 0 saturated carbocycles. The van der Waals surface area contributed by atoms with Gasteiger partial charge in [-0.1, -0.05) is 0 Å². The lowest BCUT2D eigenvalue weighted by atomic mass is 10.0. The van der Waals surface area contributed by atoms with Crippen LogP contribution in [0.1, 0.15) is 49.5 Å². The van der Waals surface area contributed by atoms with Gasteiger partial charge in [0.15, 0.2) is 0 Å². The second-order valence-corrected chi connectivity index (χ2v) is 4.72. The third kappa shape index (κ3) is 3.31. The average molecular weight is 238 g/mol.